The molecule has 132 valence electrons. The Balaban J connectivity index is 1.84. The Morgan fingerprint density at radius 3 is 2.52 bits per heavy atom. The molecule has 3 rings (SSSR count). The Morgan fingerprint density at radius 2 is 1.92 bits per heavy atom. The first-order valence-electron chi connectivity index (χ1n) is 8.67. The Hall–Kier alpha value is -2.63. The summed E-state index contributed by atoms with van der Waals surface area (Å²) in [7, 11) is 0. The van der Waals surface area contributed by atoms with E-state index in [2.05, 4.69) is 5.10 Å². The quantitative estimate of drug-likeness (QED) is 0.861. The van der Waals surface area contributed by atoms with Gasteiger partial charge in [-0.05, 0) is 25.5 Å². The molecule has 1 aliphatic heterocycles. The maximum absolute atomic E-state index is 12.9. The van der Waals surface area contributed by atoms with Gasteiger partial charge < -0.3 is 9.80 Å². The van der Waals surface area contributed by atoms with E-state index in [0.717, 1.165) is 17.8 Å². The first-order chi connectivity index (χ1) is 12.0. The minimum atomic E-state index is -0.120. The van der Waals surface area contributed by atoms with Crippen molar-refractivity contribution < 1.29 is 9.59 Å². The number of piperazine rings is 1. The lowest BCUT2D eigenvalue weighted by atomic mass is 10.0. The Kier molecular flexibility index (Phi) is 4.88. The van der Waals surface area contributed by atoms with Crippen molar-refractivity contribution in [3.63, 3.8) is 0 Å². The number of nitrogens with zero attached hydrogens (tertiary/aromatic N) is 4. The molecular formula is C19H24N4O2. The second kappa shape index (κ2) is 7.09. The summed E-state index contributed by atoms with van der Waals surface area (Å²) in [5, 5.41) is 4.40. The molecule has 2 heterocycles. The molecular weight excluding hydrogens is 316 g/mol. The van der Waals surface area contributed by atoms with Crippen LogP contribution in [0.2, 0.25) is 0 Å². The summed E-state index contributed by atoms with van der Waals surface area (Å²) in [4.78, 5) is 28.6. The van der Waals surface area contributed by atoms with E-state index in [1.807, 2.05) is 59.8 Å². The number of amides is 2. The first-order valence-corrected chi connectivity index (χ1v) is 8.67. The molecule has 25 heavy (non-hydrogen) atoms. The molecule has 1 aromatic heterocycles. The predicted molar refractivity (Wildman–Crippen MR) is 95.1 cm³/mol. The standard InChI is InChI=1S/C19H24N4O2/c1-4-23-14(2)12-17(20-23)19(25)21-10-11-22(15(3)24)18(13-21)16-8-6-5-7-9-16/h5-9,12,18H,4,10-11,13H2,1-3H3/t18-/m0/s1. The summed E-state index contributed by atoms with van der Waals surface area (Å²) < 4.78 is 1.83. The minimum Gasteiger partial charge on any atom is -0.333 e. The number of hydrogen-bond acceptors (Lipinski definition) is 3. The summed E-state index contributed by atoms with van der Waals surface area (Å²) in [5.41, 5.74) is 2.50. The number of aryl methyl sites for hydroxylation is 2. The van der Waals surface area contributed by atoms with Crippen LogP contribution >= 0.6 is 0 Å². The van der Waals surface area contributed by atoms with E-state index in [0.29, 0.717) is 25.3 Å². The monoisotopic (exact) mass is 340 g/mol. The number of aromatic nitrogens is 2. The van der Waals surface area contributed by atoms with Crippen molar-refractivity contribution >= 4 is 11.8 Å². The van der Waals surface area contributed by atoms with Gasteiger partial charge in [0.05, 0.1) is 6.04 Å². The van der Waals surface area contributed by atoms with Crippen LogP contribution in [-0.4, -0.2) is 51.0 Å². The Morgan fingerprint density at radius 1 is 1.20 bits per heavy atom. The van der Waals surface area contributed by atoms with E-state index in [-0.39, 0.29) is 17.9 Å². The summed E-state index contributed by atoms with van der Waals surface area (Å²) in [6.07, 6.45) is 0. The van der Waals surface area contributed by atoms with E-state index in [9.17, 15) is 9.59 Å². The summed E-state index contributed by atoms with van der Waals surface area (Å²) >= 11 is 0. The molecule has 0 saturated carbocycles. The highest BCUT2D eigenvalue weighted by atomic mass is 16.2. The van der Waals surface area contributed by atoms with Crippen molar-refractivity contribution in [3.8, 4) is 0 Å². The van der Waals surface area contributed by atoms with Crippen LogP contribution in [0.25, 0.3) is 0 Å². The number of carbonyl (C=O) groups is 2. The van der Waals surface area contributed by atoms with Crippen molar-refractivity contribution in [2.75, 3.05) is 19.6 Å². The lowest BCUT2D eigenvalue weighted by Crippen LogP contribution is -2.51. The van der Waals surface area contributed by atoms with Crippen LogP contribution in [0.5, 0.6) is 0 Å². The van der Waals surface area contributed by atoms with Crippen LogP contribution in [-0.2, 0) is 11.3 Å². The summed E-state index contributed by atoms with van der Waals surface area (Å²) in [5.74, 6) is -0.0357. The van der Waals surface area contributed by atoms with E-state index in [4.69, 9.17) is 0 Å². The molecule has 0 bridgehead atoms. The van der Waals surface area contributed by atoms with E-state index >= 15 is 0 Å². The maximum Gasteiger partial charge on any atom is 0.274 e. The molecule has 1 fully saturated rings. The molecule has 6 nitrogen and oxygen atoms in total. The third-order valence-electron chi connectivity index (χ3n) is 4.76. The van der Waals surface area contributed by atoms with Gasteiger partial charge >= 0.3 is 0 Å². The molecule has 2 amide bonds. The summed E-state index contributed by atoms with van der Waals surface area (Å²) in [6, 6.07) is 11.6. The zero-order valence-electron chi connectivity index (χ0n) is 15.0. The molecule has 1 atom stereocenters. The smallest absolute Gasteiger partial charge is 0.274 e. The van der Waals surface area contributed by atoms with Crippen LogP contribution in [0.15, 0.2) is 36.4 Å². The van der Waals surface area contributed by atoms with Gasteiger partial charge in [0, 0.05) is 38.8 Å². The molecule has 0 radical (unpaired) electrons. The molecule has 1 aliphatic rings. The van der Waals surface area contributed by atoms with Crippen molar-refractivity contribution in [2.45, 2.75) is 33.4 Å². The highest BCUT2D eigenvalue weighted by molar-refractivity contribution is 5.92. The van der Waals surface area contributed by atoms with Gasteiger partial charge in [0.15, 0.2) is 5.69 Å². The van der Waals surface area contributed by atoms with Crippen LogP contribution < -0.4 is 0 Å². The number of rotatable bonds is 3. The fourth-order valence-electron chi connectivity index (χ4n) is 3.40. The van der Waals surface area contributed by atoms with Gasteiger partial charge in [0.25, 0.3) is 5.91 Å². The van der Waals surface area contributed by atoms with Gasteiger partial charge in [-0.3, -0.25) is 14.3 Å². The Bertz CT molecular complexity index is 769. The molecule has 0 unspecified atom stereocenters. The molecule has 1 saturated heterocycles. The van der Waals surface area contributed by atoms with Gasteiger partial charge in [-0.25, -0.2) is 0 Å². The third-order valence-corrected chi connectivity index (χ3v) is 4.76. The topological polar surface area (TPSA) is 58.4 Å². The van der Waals surface area contributed by atoms with E-state index < -0.39 is 0 Å². The zero-order valence-corrected chi connectivity index (χ0v) is 15.0. The highest BCUT2D eigenvalue weighted by Crippen LogP contribution is 2.26. The molecule has 0 aliphatic carbocycles. The van der Waals surface area contributed by atoms with E-state index in [1.54, 1.807) is 11.8 Å². The van der Waals surface area contributed by atoms with Crippen molar-refractivity contribution in [3.05, 3.63) is 53.3 Å². The van der Waals surface area contributed by atoms with Crippen LogP contribution in [0.4, 0.5) is 0 Å². The normalized spacial score (nSPS) is 17.6. The van der Waals surface area contributed by atoms with Gasteiger partial charge in [0.2, 0.25) is 5.91 Å². The van der Waals surface area contributed by atoms with Gasteiger partial charge in [0.1, 0.15) is 0 Å². The number of hydrogen-bond donors (Lipinski definition) is 0. The molecule has 0 N–H and O–H groups in total. The summed E-state index contributed by atoms with van der Waals surface area (Å²) in [6.45, 7) is 7.83. The second-order valence-electron chi connectivity index (χ2n) is 6.38. The number of benzene rings is 1. The molecule has 1 aromatic carbocycles. The average Bonchev–Trinajstić information content (AvgIpc) is 3.02. The highest BCUT2D eigenvalue weighted by Gasteiger charge is 2.33. The molecule has 2 aromatic rings. The minimum absolute atomic E-state index is 0.0343. The van der Waals surface area contributed by atoms with Crippen molar-refractivity contribution in [1.82, 2.24) is 19.6 Å². The lowest BCUT2D eigenvalue weighted by Gasteiger charge is -2.41. The number of carbonyl (C=O) groups excluding carboxylic acids is 2. The predicted octanol–water partition coefficient (Wildman–Crippen LogP) is 2.26. The van der Waals surface area contributed by atoms with Crippen LogP contribution in [0, 0.1) is 6.92 Å². The largest absolute Gasteiger partial charge is 0.333 e. The SMILES string of the molecule is CCn1nc(C(=O)N2CCN(C(C)=O)[C@H](c3ccccc3)C2)cc1C. The van der Waals surface area contributed by atoms with Gasteiger partial charge in [-0.1, -0.05) is 30.3 Å². The van der Waals surface area contributed by atoms with Gasteiger partial charge in [-0.15, -0.1) is 0 Å². The third kappa shape index (κ3) is 3.43. The van der Waals surface area contributed by atoms with Crippen molar-refractivity contribution in [2.24, 2.45) is 0 Å². The maximum atomic E-state index is 12.9. The van der Waals surface area contributed by atoms with Crippen molar-refractivity contribution in [1.29, 1.82) is 0 Å². The van der Waals surface area contributed by atoms with Crippen LogP contribution in [0.3, 0.4) is 0 Å². The fraction of sp³-hybridized carbons (Fsp3) is 0.421. The van der Waals surface area contributed by atoms with E-state index in [1.165, 1.54) is 0 Å². The Labute approximate surface area is 148 Å². The lowest BCUT2D eigenvalue weighted by molar-refractivity contribution is -0.133. The zero-order chi connectivity index (χ0) is 18.0. The van der Waals surface area contributed by atoms with Crippen LogP contribution in [0.1, 0.15) is 41.6 Å². The molecule has 0 spiro atoms. The fourth-order valence-corrected chi connectivity index (χ4v) is 3.40. The average molecular weight is 340 g/mol. The first kappa shape index (κ1) is 17.2. The molecule has 6 heteroatoms. The van der Waals surface area contributed by atoms with Gasteiger partial charge in [-0.2, -0.15) is 5.10 Å². The second-order valence-corrected chi connectivity index (χ2v) is 6.38.